The average Bonchev–Trinajstić information content (AvgIpc) is 1.83. The molecule has 0 aliphatic heterocycles. The van der Waals surface area contributed by atoms with Crippen LogP contribution in [0, 0.1) is 0 Å². The van der Waals surface area contributed by atoms with Crippen LogP contribution >= 0.6 is 6.49 Å². The molecule has 0 N–H and O–H groups in total. The lowest BCUT2D eigenvalue weighted by atomic mass is 10.3. The molecule has 0 aliphatic rings. The maximum absolute atomic E-state index is 5.60. The van der Waals surface area contributed by atoms with E-state index >= 15 is 0 Å². The number of hydrogen-bond donors (Lipinski definition) is 0. The molecule has 0 rings (SSSR count). The largest absolute Gasteiger partial charge is 0.327 e. The van der Waals surface area contributed by atoms with Gasteiger partial charge in [-0.3, -0.25) is 0 Å². The van der Waals surface area contributed by atoms with Gasteiger partial charge in [-0.15, -0.1) is 0 Å². The van der Waals surface area contributed by atoms with E-state index in [-0.39, 0.29) is 12.2 Å². The van der Waals surface area contributed by atoms with Gasteiger partial charge in [0, 0.05) is 6.66 Å². The van der Waals surface area contributed by atoms with Gasteiger partial charge in [-0.25, -0.2) is 0 Å². The predicted molar refractivity (Wildman–Crippen MR) is 57.3 cm³/mol. The summed E-state index contributed by atoms with van der Waals surface area (Å²) in [6.07, 6.45) is 1.35. The van der Waals surface area contributed by atoms with Crippen molar-refractivity contribution in [2.75, 3.05) is 6.66 Å². The molecular weight excluding hydrogens is 191 g/mol. The lowest BCUT2D eigenvalue weighted by Gasteiger charge is -2.23. The van der Waals surface area contributed by atoms with Crippen molar-refractivity contribution in [3.8, 4) is 0 Å². The number of hydrogen-bond acceptors (Lipinski definition) is 3. The molecule has 0 aromatic carbocycles. The molecule has 0 radical (unpaired) electrons. The highest BCUT2D eigenvalue weighted by molar-refractivity contribution is 8.09. The van der Waals surface area contributed by atoms with E-state index in [0.717, 1.165) is 6.42 Å². The third kappa shape index (κ3) is 6.13. The molecule has 0 spiro atoms. The van der Waals surface area contributed by atoms with E-state index in [1.54, 1.807) is 0 Å². The highest BCUT2D eigenvalue weighted by Crippen LogP contribution is 2.47. The van der Waals surface area contributed by atoms with Gasteiger partial charge in [0.05, 0.1) is 12.2 Å². The second-order valence-electron chi connectivity index (χ2n) is 3.25. The standard InChI is InChI=1S/C8H19O2PS/c1-6-8(4)10-11(5,12)9-7(2)3/h7-8H,6H2,1-5H3. The minimum atomic E-state index is -1.99. The van der Waals surface area contributed by atoms with E-state index in [9.17, 15) is 0 Å². The minimum absolute atomic E-state index is 0.157. The van der Waals surface area contributed by atoms with Gasteiger partial charge in [-0.05, 0) is 39.0 Å². The molecule has 4 heteroatoms. The molecule has 0 aromatic heterocycles. The Kier molecular flexibility index (Phi) is 5.59. The first-order valence-corrected chi connectivity index (χ1v) is 7.40. The fourth-order valence-electron chi connectivity index (χ4n) is 0.809. The third-order valence-electron chi connectivity index (χ3n) is 1.35. The summed E-state index contributed by atoms with van der Waals surface area (Å²) in [5.74, 6) is 0. The first-order valence-electron chi connectivity index (χ1n) is 4.31. The molecule has 2 unspecified atom stereocenters. The molecule has 0 bridgehead atoms. The normalized spacial score (nSPS) is 19.2. The zero-order chi connectivity index (χ0) is 9.78. The Morgan fingerprint density at radius 1 is 1.25 bits per heavy atom. The summed E-state index contributed by atoms with van der Waals surface area (Å²) in [5.41, 5.74) is 0. The van der Waals surface area contributed by atoms with Gasteiger partial charge in [0.15, 0.2) is 6.49 Å². The van der Waals surface area contributed by atoms with Crippen LogP contribution in [0.1, 0.15) is 34.1 Å². The summed E-state index contributed by atoms with van der Waals surface area (Å²) in [5, 5.41) is 0. The Balaban J connectivity index is 3.95. The van der Waals surface area contributed by atoms with Crippen LogP contribution in [-0.2, 0) is 20.9 Å². The summed E-state index contributed by atoms with van der Waals surface area (Å²) in [6.45, 7) is 7.95. The summed E-state index contributed by atoms with van der Waals surface area (Å²) >= 11 is 5.23. The summed E-state index contributed by atoms with van der Waals surface area (Å²) in [6, 6.07) is 0. The van der Waals surface area contributed by atoms with Crippen LogP contribution in [-0.4, -0.2) is 18.9 Å². The van der Waals surface area contributed by atoms with Crippen LogP contribution < -0.4 is 0 Å². The molecule has 0 heterocycles. The van der Waals surface area contributed by atoms with E-state index in [1.165, 1.54) is 0 Å². The molecule has 0 aliphatic carbocycles. The lowest BCUT2D eigenvalue weighted by Crippen LogP contribution is -2.08. The second-order valence-corrected chi connectivity index (χ2v) is 7.20. The molecule has 0 saturated carbocycles. The maximum Gasteiger partial charge on any atom is 0.186 e. The molecular formula is C8H19O2PS. The van der Waals surface area contributed by atoms with Gasteiger partial charge in [0.2, 0.25) is 0 Å². The van der Waals surface area contributed by atoms with E-state index in [0.29, 0.717) is 0 Å². The van der Waals surface area contributed by atoms with E-state index in [4.69, 9.17) is 20.9 Å². The van der Waals surface area contributed by atoms with Crippen LogP contribution in [0.2, 0.25) is 0 Å². The Morgan fingerprint density at radius 3 is 2.08 bits per heavy atom. The van der Waals surface area contributed by atoms with Gasteiger partial charge in [-0.1, -0.05) is 6.92 Å². The van der Waals surface area contributed by atoms with Gasteiger partial charge < -0.3 is 9.05 Å². The summed E-state index contributed by atoms with van der Waals surface area (Å²) < 4.78 is 11.1. The van der Waals surface area contributed by atoms with Crippen LogP contribution in [0.25, 0.3) is 0 Å². The quantitative estimate of drug-likeness (QED) is 0.649. The fraction of sp³-hybridized carbons (Fsp3) is 1.00. The van der Waals surface area contributed by atoms with Crippen molar-refractivity contribution < 1.29 is 9.05 Å². The zero-order valence-corrected chi connectivity index (χ0v) is 10.2. The Labute approximate surface area is 80.8 Å². The Hall–Kier alpha value is 0.570. The van der Waals surface area contributed by atoms with Crippen molar-refractivity contribution in [2.45, 2.75) is 46.3 Å². The fourth-order valence-corrected chi connectivity index (χ4v) is 3.38. The van der Waals surface area contributed by atoms with E-state index in [2.05, 4.69) is 6.92 Å². The Bertz CT molecular complexity index is 170. The molecule has 2 nitrogen and oxygen atoms in total. The van der Waals surface area contributed by atoms with E-state index in [1.807, 2.05) is 27.4 Å². The Morgan fingerprint density at radius 2 is 1.75 bits per heavy atom. The van der Waals surface area contributed by atoms with Gasteiger partial charge >= 0.3 is 0 Å². The summed E-state index contributed by atoms with van der Waals surface area (Å²) in [4.78, 5) is 0. The van der Waals surface area contributed by atoms with Crippen molar-refractivity contribution in [2.24, 2.45) is 0 Å². The lowest BCUT2D eigenvalue weighted by molar-refractivity contribution is 0.166. The zero-order valence-electron chi connectivity index (χ0n) is 8.53. The minimum Gasteiger partial charge on any atom is -0.327 e. The van der Waals surface area contributed by atoms with Crippen LogP contribution in [0.5, 0.6) is 0 Å². The molecule has 0 amide bonds. The van der Waals surface area contributed by atoms with Crippen molar-refractivity contribution in [1.29, 1.82) is 0 Å². The molecule has 0 fully saturated rings. The monoisotopic (exact) mass is 210 g/mol. The summed E-state index contributed by atoms with van der Waals surface area (Å²) in [7, 11) is 0. The highest BCUT2D eigenvalue weighted by atomic mass is 32.5. The molecule has 74 valence electrons. The molecule has 0 aromatic rings. The van der Waals surface area contributed by atoms with Crippen LogP contribution in [0.4, 0.5) is 0 Å². The predicted octanol–water partition coefficient (Wildman–Crippen LogP) is 3.17. The SMILES string of the molecule is CCC(C)OP(C)(=S)OC(C)C. The van der Waals surface area contributed by atoms with Crippen molar-refractivity contribution >= 4 is 18.3 Å². The van der Waals surface area contributed by atoms with Crippen molar-refractivity contribution in [3.63, 3.8) is 0 Å². The van der Waals surface area contributed by atoms with Gasteiger partial charge in [0.25, 0.3) is 0 Å². The highest BCUT2D eigenvalue weighted by Gasteiger charge is 2.16. The molecule has 0 saturated heterocycles. The molecule has 12 heavy (non-hydrogen) atoms. The van der Waals surface area contributed by atoms with Crippen LogP contribution in [0.3, 0.4) is 0 Å². The maximum atomic E-state index is 5.60. The average molecular weight is 210 g/mol. The van der Waals surface area contributed by atoms with Crippen LogP contribution in [0.15, 0.2) is 0 Å². The molecule has 2 atom stereocenters. The van der Waals surface area contributed by atoms with Crippen molar-refractivity contribution in [3.05, 3.63) is 0 Å². The van der Waals surface area contributed by atoms with Gasteiger partial charge in [0.1, 0.15) is 0 Å². The first kappa shape index (κ1) is 12.6. The third-order valence-corrected chi connectivity index (χ3v) is 3.41. The smallest absolute Gasteiger partial charge is 0.186 e. The van der Waals surface area contributed by atoms with E-state index < -0.39 is 6.49 Å². The van der Waals surface area contributed by atoms with Gasteiger partial charge in [-0.2, -0.15) is 0 Å². The first-order chi connectivity index (χ1) is 5.37. The second kappa shape index (κ2) is 5.33. The topological polar surface area (TPSA) is 18.5 Å². The number of rotatable bonds is 5. The van der Waals surface area contributed by atoms with Crippen molar-refractivity contribution in [1.82, 2.24) is 0 Å².